The Labute approximate surface area is 127 Å². The van der Waals surface area contributed by atoms with Crippen molar-refractivity contribution in [1.29, 1.82) is 0 Å². The number of aryl methyl sites for hydroxylation is 1. The predicted octanol–water partition coefficient (Wildman–Crippen LogP) is 3.42. The van der Waals surface area contributed by atoms with Gasteiger partial charge in [0.15, 0.2) is 0 Å². The van der Waals surface area contributed by atoms with Gasteiger partial charge in [-0.3, -0.25) is 4.79 Å². The molecule has 0 radical (unpaired) electrons. The Morgan fingerprint density at radius 3 is 2.58 bits per heavy atom. The third-order valence-electron chi connectivity index (χ3n) is 3.68. The molecule has 0 saturated carbocycles. The van der Waals surface area contributed by atoms with E-state index in [1.54, 1.807) is 0 Å². The first-order valence-corrected chi connectivity index (χ1v) is 8.39. The standard InChI is InChI=1S/C14H21BrN2OS/c1-9(2)17-6-4-11(5-7-17)16-14(18)12-8-10(3)13(15)19-12/h8-9,11H,4-7H2,1-3H3,(H,16,18). The Bertz CT molecular complexity index is 431. The van der Waals surface area contributed by atoms with E-state index in [0.29, 0.717) is 12.1 Å². The largest absolute Gasteiger partial charge is 0.349 e. The van der Waals surface area contributed by atoms with Gasteiger partial charge in [-0.2, -0.15) is 0 Å². The van der Waals surface area contributed by atoms with Crippen LogP contribution in [0.25, 0.3) is 0 Å². The first-order valence-electron chi connectivity index (χ1n) is 6.78. The Balaban J connectivity index is 1.87. The maximum Gasteiger partial charge on any atom is 0.261 e. The van der Waals surface area contributed by atoms with Crippen molar-refractivity contribution in [3.8, 4) is 0 Å². The summed E-state index contributed by atoms with van der Waals surface area (Å²) in [5.41, 5.74) is 1.13. The summed E-state index contributed by atoms with van der Waals surface area (Å²) in [6.45, 7) is 8.62. The first-order chi connectivity index (χ1) is 8.97. The van der Waals surface area contributed by atoms with Crippen LogP contribution in [0, 0.1) is 6.92 Å². The van der Waals surface area contributed by atoms with Crippen molar-refractivity contribution in [2.24, 2.45) is 0 Å². The minimum absolute atomic E-state index is 0.0711. The molecule has 0 aromatic carbocycles. The van der Waals surface area contributed by atoms with Crippen LogP contribution in [-0.4, -0.2) is 36.0 Å². The number of amides is 1. The highest BCUT2D eigenvalue weighted by Crippen LogP contribution is 2.27. The summed E-state index contributed by atoms with van der Waals surface area (Å²) in [5, 5.41) is 3.16. The van der Waals surface area contributed by atoms with Crippen LogP contribution in [0.1, 0.15) is 41.9 Å². The van der Waals surface area contributed by atoms with Crippen LogP contribution in [0.2, 0.25) is 0 Å². The molecule has 1 saturated heterocycles. The Hall–Kier alpha value is -0.390. The molecule has 0 atom stereocenters. The highest BCUT2D eigenvalue weighted by molar-refractivity contribution is 9.11. The van der Waals surface area contributed by atoms with Crippen LogP contribution in [0.5, 0.6) is 0 Å². The molecule has 1 fully saturated rings. The van der Waals surface area contributed by atoms with Gasteiger partial charge in [-0.25, -0.2) is 0 Å². The van der Waals surface area contributed by atoms with E-state index in [-0.39, 0.29) is 5.91 Å². The Morgan fingerprint density at radius 2 is 2.11 bits per heavy atom. The molecule has 19 heavy (non-hydrogen) atoms. The molecule has 1 aliphatic heterocycles. The highest BCUT2D eigenvalue weighted by atomic mass is 79.9. The number of piperidine rings is 1. The van der Waals surface area contributed by atoms with E-state index >= 15 is 0 Å². The van der Waals surface area contributed by atoms with Gasteiger partial charge in [0.25, 0.3) is 5.91 Å². The molecule has 106 valence electrons. The van der Waals surface area contributed by atoms with E-state index in [2.05, 4.69) is 40.0 Å². The number of likely N-dealkylation sites (tertiary alicyclic amines) is 1. The van der Waals surface area contributed by atoms with Crippen molar-refractivity contribution in [3.63, 3.8) is 0 Å². The molecule has 1 aromatic rings. The van der Waals surface area contributed by atoms with Crippen molar-refractivity contribution in [1.82, 2.24) is 10.2 Å². The van der Waals surface area contributed by atoms with Crippen LogP contribution in [0.4, 0.5) is 0 Å². The summed E-state index contributed by atoms with van der Waals surface area (Å²) < 4.78 is 1.05. The molecular formula is C14H21BrN2OS. The van der Waals surface area contributed by atoms with Gasteiger partial charge in [0.1, 0.15) is 0 Å². The van der Waals surface area contributed by atoms with Crippen molar-refractivity contribution in [3.05, 3.63) is 20.3 Å². The molecule has 2 heterocycles. The van der Waals surface area contributed by atoms with Crippen LogP contribution in [0.3, 0.4) is 0 Å². The molecule has 1 aliphatic rings. The van der Waals surface area contributed by atoms with Gasteiger partial charge < -0.3 is 10.2 Å². The number of nitrogens with one attached hydrogen (secondary N) is 1. The molecule has 3 nitrogen and oxygen atoms in total. The van der Waals surface area contributed by atoms with Gasteiger partial charge in [0.05, 0.1) is 8.66 Å². The lowest BCUT2D eigenvalue weighted by atomic mass is 10.0. The van der Waals surface area contributed by atoms with E-state index in [0.717, 1.165) is 40.2 Å². The second-order valence-corrected chi connectivity index (χ2v) is 7.81. The van der Waals surface area contributed by atoms with Gasteiger partial charge in [0, 0.05) is 25.2 Å². The van der Waals surface area contributed by atoms with E-state index in [1.165, 1.54) is 11.3 Å². The Morgan fingerprint density at radius 1 is 1.47 bits per heavy atom. The number of carbonyl (C=O) groups is 1. The normalized spacial score (nSPS) is 17.9. The average Bonchev–Trinajstić information content (AvgIpc) is 2.70. The van der Waals surface area contributed by atoms with Crippen LogP contribution in [0.15, 0.2) is 9.85 Å². The average molecular weight is 345 g/mol. The third kappa shape index (κ3) is 3.80. The number of hydrogen-bond donors (Lipinski definition) is 1. The topological polar surface area (TPSA) is 32.3 Å². The zero-order chi connectivity index (χ0) is 14.0. The molecule has 0 bridgehead atoms. The van der Waals surface area contributed by atoms with E-state index in [9.17, 15) is 4.79 Å². The van der Waals surface area contributed by atoms with Crippen molar-refractivity contribution >= 4 is 33.2 Å². The van der Waals surface area contributed by atoms with Gasteiger partial charge in [-0.05, 0) is 61.2 Å². The van der Waals surface area contributed by atoms with Crippen molar-refractivity contribution in [2.75, 3.05) is 13.1 Å². The minimum atomic E-state index is 0.0711. The fourth-order valence-electron chi connectivity index (χ4n) is 2.39. The van der Waals surface area contributed by atoms with Gasteiger partial charge >= 0.3 is 0 Å². The second kappa shape index (κ2) is 6.37. The number of thiophene rings is 1. The van der Waals surface area contributed by atoms with Gasteiger partial charge in [0.2, 0.25) is 0 Å². The molecule has 1 amide bonds. The monoisotopic (exact) mass is 344 g/mol. The summed E-state index contributed by atoms with van der Waals surface area (Å²) >= 11 is 4.98. The smallest absolute Gasteiger partial charge is 0.261 e. The van der Waals surface area contributed by atoms with Crippen molar-refractivity contribution in [2.45, 2.75) is 45.7 Å². The number of carbonyl (C=O) groups excluding carboxylic acids is 1. The molecule has 2 rings (SSSR count). The summed E-state index contributed by atoms with van der Waals surface area (Å²) in [4.78, 5) is 15.4. The lowest BCUT2D eigenvalue weighted by Gasteiger charge is -2.34. The molecule has 1 N–H and O–H groups in total. The van der Waals surface area contributed by atoms with Gasteiger partial charge in [-0.15, -0.1) is 11.3 Å². The molecular weight excluding hydrogens is 324 g/mol. The quantitative estimate of drug-likeness (QED) is 0.910. The summed E-state index contributed by atoms with van der Waals surface area (Å²) in [6, 6.07) is 2.88. The number of hydrogen-bond acceptors (Lipinski definition) is 3. The summed E-state index contributed by atoms with van der Waals surface area (Å²) in [5.74, 6) is 0.0711. The maximum absolute atomic E-state index is 12.2. The molecule has 0 unspecified atom stereocenters. The van der Waals surface area contributed by atoms with Crippen LogP contribution >= 0.6 is 27.3 Å². The van der Waals surface area contributed by atoms with Gasteiger partial charge in [-0.1, -0.05) is 0 Å². The van der Waals surface area contributed by atoms with Crippen LogP contribution in [-0.2, 0) is 0 Å². The molecule has 1 aromatic heterocycles. The zero-order valence-corrected chi connectivity index (χ0v) is 14.1. The maximum atomic E-state index is 12.2. The van der Waals surface area contributed by atoms with E-state index < -0.39 is 0 Å². The lowest BCUT2D eigenvalue weighted by Crippen LogP contribution is -2.46. The number of rotatable bonds is 3. The third-order valence-corrected chi connectivity index (χ3v) is 5.81. The zero-order valence-electron chi connectivity index (χ0n) is 11.7. The fraction of sp³-hybridized carbons (Fsp3) is 0.643. The predicted molar refractivity (Wildman–Crippen MR) is 84.0 cm³/mol. The second-order valence-electron chi connectivity index (χ2n) is 5.44. The fourth-order valence-corrected chi connectivity index (χ4v) is 3.83. The Kier molecular flexibility index (Phi) is 5.03. The first kappa shape index (κ1) is 15.0. The summed E-state index contributed by atoms with van der Waals surface area (Å²) in [6.07, 6.45) is 2.10. The molecule has 0 aliphatic carbocycles. The SMILES string of the molecule is Cc1cc(C(=O)NC2CCN(C(C)C)CC2)sc1Br. The molecule has 5 heteroatoms. The van der Waals surface area contributed by atoms with E-state index in [1.807, 2.05) is 13.0 Å². The molecule has 0 spiro atoms. The highest BCUT2D eigenvalue weighted by Gasteiger charge is 2.23. The van der Waals surface area contributed by atoms with Crippen LogP contribution < -0.4 is 5.32 Å². The number of nitrogens with zero attached hydrogens (tertiary/aromatic N) is 1. The summed E-state index contributed by atoms with van der Waals surface area (Å²) in [7, 11) is 0. The minimum Gasteiger partial charge on any atom is -0.349 e. The van der Waals surface area contributed by atoms with E-state index in [4.69, 9.17) is 0 Å². The number of halogens is 1. The lowest BCUT2D eigenvalue weighted by molar-refractivity contribution is 0.0904. The van der Waals surface area contributed by atoms with Crippen molar-refractivity contribution < 1.29 is 4.79 Å².